The number of aromatic nitrogens is 2. The monoisotopic (exact) mass is 751 g/mol. The number of carbonyl (C=O) groups is 5. The van der Waals surface area contributed by atoms with Gasteiger partial charge in [0.15, 0.2) is 11.4 Å². The van der Waals surface area contributed by atoms with E-state index in [0.29, 0.717) is 36.2 Å². The SMILES string of the molecule is CCc1c2c(nc3ccc(OC(=O)N(C)CCCC(=O)[C@@H](CC(N)=O)NC(=O)CCCc4ccccc4)cc13)-c1cc3c(c(=O)n1C2)COC(=O)[C@]3(O)CC. The van der Waals surface area contributed by atoms with Gasteiger partial charge in [-0.2, -0.15) is 0 Å². The number of primary amides is 1. The van der Waals surface area contributed by atoms with Crippen LogP contribution in [0, 0.1) is 0 Å². The van der Waals surface area contributed by atoms with Crippen molar-refractivity contribution in [3.05, 3.63) is 92.8 Å². The van der Waals surface area contributed by atoms with Crippen molar-refractivity contribution in [3.63, 3.8) is 0 Å². The fourth-order valence-corrected chi connectivity index (χ4v) is 7.35. The lowest BCUT2D eigenvalue weighted by Crippen LogP contribution is -2.44. The number of esters is 1. The second kappa shape index (κ2) is 16.2. The number of nitrogens with two attached hydrogens (primary N) is 1. The summed E-state index contributed by atoms with van der Waals surface area (Å²) in [5, 5.41) is 14.6. The molecule has 14 heteroatoms. The van der Waals surface area contributed by atoms with Gasteiger partial charge >= 0.3 is 12.1 Å². The van der Waals surface area contributed by atoms with Crippen molar-refractivity contribution in [1.82, 2.24) is 19.8 Å². The zero-order chi connectivity index (χ0) is 39.4. The van der Waals surface area contributed by atoms with Gasteiger partial charge in [-0.15, -0.1) is 0 Å². The van der Waals surface area contributed by atoms with Gasteiger partial charge in [0, 0.05) is 42.9 Å². The van der Waals surface area contributed by atoms with Crippen LogP contribution in [-0.2, 0) is 55.5 Å². The molecule has 4 N–H and O–H groups in total. The molecule has 0 saturated carbocycles. The molecule has 4 heterocycles. The second-order valence-electron chi connectivity index (χ2n) is 14.0. The summed E-state index contributed by atoms with van der Waals surface area (Å²) in [6.45, 7) is 3.83. The molecule has 6 rings (SSSR count). The Hall–Kier alpha value is -5.89. The predicted molar refractivity (Wildman–Crippen MR) is 202 cm³/mol. The van der Waals surface area contributed by atoms with Gasteiger partial charge in [-0.25, -0.2) is 14.6 Å². The molecular formula is C41H45N5O9. The highest BCUT2D eigenvalue weighted by atomic mass is 16.6. The van der Waals surface area contributed by atoms with Crippen molar-refractivity contribution in [2.24, 2.45) is 5.73 Å². The normalized spacial score (nSPS) is 16.0. The highest BCUT2D eigenvalue weighted by molar-refractivity contribution is 5.93. The van der Waals surface area contributed by atoms with Gasteiger partial charge in [-0.3, -0.25) is 19.2 Å². The number of hydrogen-bond donors (Lipinski definition) is 3. The molecule has 55 heavy (non-hydrogen) atoms. The van der Waals surface area contributed by atoms with Crippen LogP contribution in [-0.4, -0.2) is 68.9 Å². The van der Waals surface area contributed by atoms with Gasteiger partial charge in [-0.05, 0) is 67.5 Å². The topological polar surface area (TPSA) is 200 Å². The van der Waals surface area contributed by atoms with E-state index in [-0.39, 0.29) is 85.9 Å². The first-order chi connectivity index (χ1) is 26.3. The van der Waals surface area contributed by atoms with Crippen LogP contribution < -0.4 is 21.3 Å². The van der Waals surface area contributed by atoms with E-state index in [2.05, 4.69) is 5.32 Å². The van der Waals surface area contributed by atoms with Crippen LogP contribution in [0.1, 0.15) is 80.2 Å². The number of carbonyl (C=O) groups excluding carboxylic acids is 5. The minimum atomic E-state index is -1.93. The molecule has 2 atom stereocenters. The number of aryl methyl sites for hydroxylation is 2. The summed E-state index contributed by atoms with van der Waals surface area (Å²) >= 11 is 0. The summed E-state index contributed by atoms with van der Waals surface area (Å²) in [6, 6.07) is 15.4. The van der Waals surface area contributed by atoms with E-state index in [4.69, 9.17) is 20.2 Å². The lowest BCUT2D eigenvalue weighted by Gasteiger charge is -2.31. The third-order valence-corrected chi connectivity index (χ3v) is 10.4. The molecule has 0 spiro atoms. The summed E-state index contributed by atoms with van der Waals surface area (Å²) in [7, 11) is 1.54. The molecule has 0 bridgehead atoms. The molecule has 0 unspecified atom stereocenters. The van der Waals surface area contributed by atoms with Crippen molar-refractivity contribution >= 4 is 40.6 Å². The third-order valence-electron chi connectivity index (χ3n) is 10.4. The van der Waals surface area contributed by atoms with Crippen LogP contribution in [0.4, 0.5) is 4.79 Å². The van der Waals surface area contributed by atoms with Crippen molar-refractivity contribution in [2.45, 2.75) is 90.0 Å². The summed E-state index contributed by atoms with van der Waals surface area (Å²) < 4.78 is 12.5. The molecule has 0 aliphatic carbocycles. The van der Waals surface area contributed by atoms with Crippen molar-refractivity contribution in [3.8, 4) is 17.1 Å². The number of nitrogens with one attached hydrogen (secondary N) is 1. The van der Waals surface area contributed by atoms with E-state index in [1.807, 2.05) is 37.3 Å². The minimum Gasteiger partial charge on any atom is -0.458 e. The number of aliphatic hydroxyl groups is 1. The van der Waals surface area contributed by atoms with Crippen LogP contribution in [0.15, 0.2) is 59.4 Å². The van der Waals surface area contributed by atoms with E-state index in [1.54, 1.807) is 42.8 Å². The third kappa shape index (κ3) is 8.00. The minimum absolute atomic E-state index is 0.00199. The number of cyclic esters (lactones) is 1. The van der Waals surface area contributed by atoms with E-state index in [0.717, 1.165) is 22.1 Å². The Morgan fingerprint density at radius 3 is 2.53 bits per heavy atom. The number of fused-ring (bicyclic) bond motifs is 5. The number of hydrogen-bond acceptors (Lipinski definition) is 10. The predicted octanol–water partition coefficient (Wildman–Crippen LogP) is 3.81. The lowest BCUT2D eigenvalue weighted by atomic mass is 9.86. The average Bonchev–Trinajstić information content (AvgIpc) is 3.53. The quantitative estimate of drug-likeness (QED) is 0.132. The van der Waals surface area contributed by atoms with Crippen molar-refractivity contribution < 1.29 is 38.6 Å². The van der Waals surface area contributed by atoms with Crippen LogP contribution >= 0.6 is 0 Å². The lowest BCUT2D eigenvalue weighted by molar-refractivity contribution is -0.172. The zero-order valence-electron chi connectivity index (χ0n) is 31.2. The molecule has 0 radical (unpaired) electrons. The number of ketones is 1. The largest absolute Gasteiger partial charge is 0.458 e. The van der Waals surface area contributed by atoms with Gasteiger partial charge in [0.25, 0.3) is 5.56 Å². The van der Waals surface area contributed by atoms with Gasteiger partial charge in [0.2, 0.25) is 11.8 Å². The second-order valence-corrected chi connectivity index (χ2v) is 14.0. The number of Topliss-reactive ketones (excluding diaryl/α,β-unsaturated/α-hetero) is 1. The van der Waals surface area contributed by atoms with Gasteiger partial charge in [0.05, 0.1) is 41.5 Å². The summed E-state index contributed by atoms with van der Waals surface area (Å²) in [5.74, 6) is -1.91. The number of pyridine rings is 2. The van der Waals surface area contributed by atoms with E-state index in [9.17, 15) is 33.9 Å². The molecule has 4 aromatic rings. The fraction of sp³-hybridized carbons (Fsp3) is 0.390. The molecular weight excluding hydrogens is 706 g/mol. The number of nitrogens with zero attached hydrogens (tertiary/aromatic N) is 3. The van der Waals surface area contributed by atoms with Crippen molar-refractivity contribution in [2.75, 3.05) is 13.6 Å². The average molecular weight is 752 g/mol. The molecule has 14 nitrogen and oxygen atoms in total. The number of benzene rings is 2. The maximum atomic E-state index is 13.6. The molecule has 2 aliphatic heterocycles. The smallest absolute Gasteiger partial charge is 0.414 e. The highest BCUT2D eigenvalue weighted by Gasteiger charge is 2.45. The zero-order valence-corrected chi connectivity index (χ0v) is 31.2. The van der Waals surface area contributed by atoms with E-state index >= 15 is 0 Å². The Morgan fingerprint density at radius 1 is 1.05 bits per heavy atom. The molecule has 0 fully saturated rings. The maximum absolute atomic E-state index is 13.6. The van der Waals surface area contributed by atoms with Gasteiger partial charge < -0.3 is 35.1 Å². The Kier molecular flexibility index (Phi) is 11.5. The van der Waals surface area contributed by atoms with Crippen molar-refractivity contribution in [1.29, 1.82) is 0 Å². The molecule has 2 aliphatic rings. The Labute approximate surface area is 317 Å². The van der Waals surface area contributed by atoms with Crippen LogP contribution in [0.2, 0.25) is 0 Å². The van der Waals surface area contributed by atoms with Gasteiger partial charge in [-0.1, -0.05) is 44.2 Å². The first-order valence-electron chi connectivity index (χ1n) is 18.5. The first kappa shape index (κ1) is 38.8. The Bertz CT molecular complexity index is 2240. The van der Waals surface area contributed by atoms with Crippen LogP contribution in [0.5, 0.6) is 5.75 Å². The van der Waals surface area contributed by atoms with E-state index in [1.165, 1.54) is 4.90 Å². The maximum Gasteiger partial charge on any atom is 0.414 e. The number of rotatable bonds is 15. The Morgan fingerprint density at radius 2 is 1.82 bits per heavy atom. The summed E-state index contributed by atoms with van der Waals surface area (Å²) in [6.07, 6.45) is 1.40. The highest BCUT2D eigenvalue weighted by Crippen LogP contribution is 2.40. The first-order valence-corrected chi connectivity index (χ1v) is 18.5. The standard InChI is InChI=1S/C41H45N5O9/c1-4-26-27-19-25(16-17-31(27)44-37-28(26)22-46-33(37)20-30-29(38(46)50)23-54-39(51)41(30,53)5-2)55-40(52)45(3)18-10-14-34(47)32(21-35(42)48)43-36(49)15-9-13-24-11-7-6-8-12-24/h6-8,11-12,16-17,19-20,32,53H,4-5,9-10,13-15,18,21-23H2,1-3H3,(H2,42,48)(H,43,49)/t32-,41+/m1/s1. The number of amides is 3. The molecule has 2 aromatic heterocycles. The Balaban J connectivity index is 1.09. The van der Waals surface area contributed by atoms with Crippen LogP contribution in [0.3, 0.4) is 0 Å². The van der Waals surface area contributed by atoms with Crippen LogP contribution in [0.25, 0.3) is 22.3 Å². The van der Waals surface area contributed by atoms with Gasteiger partial charge in [0.1, 0.15) is 12.4 Å². The molecule has 0 saturated heterocycles. The fourth-order valence-electron chi connectivity index (χ4n) is 7.35. The summed E-state index contributed by atoms with van der Waals surface area (Å²) in [4.78, 5) is 82.8. The molecule has 288 valence electrons. The van der Waals surface area contributed by atoms with E-state index < -0.39 is 29.6 Å². The summed E-state index contributed by atoms with van der Waals surface area (Å²) in [5.41, 5.74) is 8.12. The molecule has 2 aromatic carbocycles. The number of ether oxygens (including phenoxy) is 2. The molecule has 3 amide bonds.